The van der Waals surface area contributed by atoms with Crippen molar-refractivity contribution in [1.29, 1.82) is 0 Å². The summed E-state index contributed by atoms with van der Waals surface area (Å²) in [6.45, 7) is 4.74. The minimum absolute atomic E-state index is 0.147. The Hall–Kier alpha value is -0.0900. The summed E-state index contributed by atoms with van der Waals surface area (Å²) >= 11 is 7.55. The van der Waals surface area contributed by atoms with Crippen LogP contribution in [0.2, 0.25) is 0 Å². The van der Waals surface area contributed by atoms with E-state index in [1.54, 1.807) is 13.2 Å². The lowest BCUT2D eigenvalue weighted by Crippen LogP contribution is -2.65. The topological polar surface area (TPSA) is 102 Å². The van der Waals surface area contributed by atoms with Gasteiger partial charge in [-0.05, 0) is 39.0 Å². The number of carbonyl (C=O) groups excluding carboxylic acids is 1. The van der Waals surface area contributed by atoms with Crippen molar-refractivity contribution in [1.82, 2.24) is 10.2 Å². The zero-order chi connectivity index (χ0) is 20.3. The smallest absolute Gasteiger partial charge is 0.237 e. The molecule has 9 atom stereocenters. The molecule has 2 aliphatic rings. The Morgan fingerprint density at radius 1 is 1.33 bits per heavy atom. The molecule has 0 aromatic rings. The third kappa shape index (κ3) is 5.29. The fourth-order valence-corrected chi connectivity index (χ4v) is 5.00. The van der Waals surface area contributed by atoms with Crippen LogP contribution >= 0.6 is 23.4 Å². The van der Waals surface area contributed by atoms with Crippen LogP contribution in [0.1, 0.15) is 33.1 Å². The van der Waals surface area contributed by atoms with Crippen LogP contribution in [0.15, 0.2) is 0 Å². The van der Waals surface area contributed by atoms with Gasteiger partial charge in [0.15, 0.2) is 0 Å². The molecule has 4 N–H and O–H groups in total. The van der Waals surface area contributed by atoms with Gasteiger partial charge in [-0.3, -0.25) is 9.69 Å². The lowest BCUT2D eigenvalue weighted by Gasteiger charge is -2.44. The quantitative estimate of drug-likeness (QED) is 0.438. The first-order valence-corrected chi connectivity index (χ1v) is 11.3. The lowest BCUT2D eigenvalue weighted by atomic mass is 9.92. The van der Waals surface area contributed by atoms with E-state index in [1.165, 1.54) is 11.8 Å². The third-order valence-corrected chi connectivity index (χ3v) is 6.76. The molecule has 27 heavy (non-hydrogen) atoms. The zero-order valence-electron chi connectivity index (χ0n) is 16.4. The summed E-state index contributed by atoms with van der Waals surface area (Å²) in [4.78, 5) is 14.9. The molecule has 158 valence electrons. The molecule has 9 heteroatoms. The number of amides is 1. The van der Waals surface area contributed by atoms with Gasteiger partial charge >= 0.3 is 0 Å². The molecular weight excluding hydrogens is 392 g/mol. The van der Waals surface area contributed by atoms with E-state index in [-0.39, 0.29) is 11.9 Å². The largest absolute Gasteiger partial charge is 0.388 e. The number of thioether (sulfide) groups is 1. The second-order valence-electron chi connectivity index (χ2n) is 7.73. The van der Waals surface area contributed by atoms with Crippen molar-refractivity contribution >= 4 is 29.3 Å². The van der Waals surface area contributed by atoms with Gasteiger partial charge in [0, 0.05) is 6.54 Å². The van der Waals surface area contributed by atoms with E-state index in [0.717, 1.165) is 25.8 Å². The van der Waals surface area contributed by atoms with Gasteiger partial charge in [0.2, 0.25) is 5.91 Å². The lowest BCUT2D eigenvalue weighted by molar-refractivity contribution is -0.205. The number of hydrogen-bond acceptors (Lipinski definition) is 7. The molecule has 2 aliphatic heterocycles. The third-order valence-electron chi connectivity index (χ3n) is 5.63. The fraction of sp³-hybridized carbons (Fsp3) is 0.944. The minimum Gasteiger partial charge on any atom is -0.388 e. The standard InChI is InChI=1S/C18H33ClN2O5S/c1-5-6-10-7-11(21(3)8-10)17(25)20-12(9(2)19)16-14(23)13(22)15(24)18(26-16)27-4/h9-16,18,22-24H,5-8H2,1-4H3,(H,20,25)/t9?,10?,11?,12?,13-,14?,15?,16?,18?/m0/s1. The number of nitrogens with zero attached hydrogens (tertiary/aromatic N) is 1. The van der Waals surface area contributed by atoms with Crippen molar-refractivity contribution in [3.05, 3.63) is 0 Å². The number of alkyl halides is 1. The number of aliphatic hydroxyl groups excluding tert-OH is 3. The molecule has 0 radical (unpaired) electrons. The van der Waals surface area contributed by atoms with Gasteiger partial charge in [-0.15, -0.1) is 23.4 Å². The van der Waals surface area contributed by atoms with Crippen LogP contribution in [0.25, 0.3) is 0 Å². The van der Waals surface area contributed by atoms with Gasteiger partial charge in [-0.25, -0.2) is 0 Å². The molecule has 2 heterocycles. The number of carbonyl (C=O) groups is 1. The van der Waals surface area contributed by atoms with Gasteiger partial charge in [0.05, 0.1) is 17.5 Å². The minimum atomic E-state index is -1.36. The summed E-state index contributed by atoms with van der Waals surface area (Å²) in [6.07, 6.45) is -0.0980. The van der Waals surface area contributed by atoms with Crippen LogP contribution in [0.5, 0.6) is 0 Å². The molecule has 0 aliphatic carbocycles. The van der Waals surface area contributed by atoms with E-state index in [1.807, 2.05) is 11.9 Å². The summed E-state index contributed by atoms with van der Waals surface area (Å²) in [5, 5.41) is 33.0. The SMILES string of the molecule is CCCC1CC(C(=O)NC(C(C)Cl)C2OC(SC)C(O)[C@@H](O)C2O)N(C)C1. The molecule has 1 amide bonds. The Bertz CT molecular complexity index is 498. The molecular formula is C18H33ClN2O5S. The summed E-state index contributed by atoms with van der Waals surface area (Å²) in [5.74, 6) is 0.350. The highest BCUT2D eigenvalue weighted by Crippen LogP contribution is 2.31. The molecule has 0 aromatic heterocycles. The number of hydrogen-bond donors (Lipinski definition) is 4. The van der Waals surface area contributed by atoms with Crippen LogP contribution < -0.4 is 5.32 Å². The van der Waals surface area contributed by atoms with Crippen LogP contribution in [0.4, 0.5) is 0 Å². The van der Waals surface area contributed by atoms with Gasteiger partial charge < -0.3 is 25.4 Å². The van der Waals surface area contributed by atoms with Gasteiger partial charge in [0.25, 0.3) is 0 Å². The molecule has 0 aromatic carbocycles. The van der Waals surface area contributed by atoms with E-state index in [4.69, 9.17) is 16.3 Å². The maximum atomic E-state index is 12.9. The van der Waals surface area contributed by atoms with Crippen molar-refractivity contribution in [3.63, 3.8) is 0 Å². The second kappa shape index (κ2) is 10.1. The molecule has 2 rings (SSSR count). The Labute approximate surface area is 170 Å². The van der Waals surface area contributed by atoms with Crippen molar-refractivity contribution in [2.24, 2.45) is 5.92 Å². The molecule has 2 fully saturated rings. The predicted octanol–water partition coefficient (Wildman–Crippen LogP) is 0.390. The van der Waals surface area contributed by atoms with Crippen molar-refractivity contribution in [2.75, 3.05) is 19.8 Å². The normalized spacial score (nSPS) is 39.9. The highest BCUT2D eigenvalue weighted by Gasteiger charge is 2.48. The van der Waals surface area contributed by atoms with Gasteiger partial charge in [-0.1, -0.05) is 13.3 Å². The fourth-order valence-electron chi connectivity index (χ4n) is 4.11. The molecule has 0 spiro atoms. The van der Waals surface area contributed by atoms with E-state index in [2.05, 4.69) is 12.2 Å². The van der Waals surface area contributed by atoms with Crippen LogP contribution in [-0.4, -0.2) is 93.3 Å². The summed E-state index contributed by atoms with van der Waals surface area (Å²) < 4.78 is 5.79. The van der Waals surface area contributed by atoms with E-state index < -0.39 is 41.3 Å². The maximum Gasteiger partial charge on any atom is 0.237 e. The number of nitrogens with one attached hydrogen (secondary N) is 1. The van der Waals surface area contributed by atoms with Crippen molar-refractivity contribution in [2.45, 2.75) is 80.4 Å². The molecule has 7 nitrogen and oxygen atoms in total. The number of likely N-dealkylation sites (tertiary alicyclic amines) is 1. The first kappa shape index (κ1) is 23.2. The Kier molecular flexibility index (Phi) is 8.67. The van der Waals surface area contributed by atoms with Crippen LogP contribution in [-0.2, 0) is 9.53 Å². The van der Waals surface area contributed by atoms with E-state index >= 15 is 0 Å². The highest BCUT2D eigenvalue weighted by molar-refractivity contribution is 7.99. The molecule has 8 unspecified atom stereocenters. The summed E-state index contributed by atoms with van der Waals surface area (Å²) in [7, 11) is 1.94. The number of likely N-dealkylation sites (N-methyl/N-ethyl adjacent to an activating group) is 1. The van der Waals surface area contributed by atoms with Crippen molar-refractivity contribution in [3.8, 4) is 0 Å². The highest BCUT2D eigenvalue weighted by atomic mass is 35.5. The first-order chi connectivity index (χ1) is 12.7. The van der Waals surface area contributed by atoms with Crippen LogP contribution in [0.3, 0.4) is 0 Å². The number of ether oxygens (including phenoxy) is 1. The molecule has 0 saturated carbocycles. The van der Waals surface area contributed by atoms with Gasteiger partial charge in [0.1, 0.15) is 29.9 Å². The average molecular weight is 425 g/mol. The summed E-state index contributed by atoms with van der Waals surface area (Å²) in [6, 6.07) is -0.934. The monoisotopic (exact) mass is 424 g/mol. The molecule has 2 saturated heterocycles. The number of halogens is 1. The predicted molar refractivity (Wildman–Crippen MR) is 107 cm³/mol. The van der Waals surface area contributed by atoms with E-state index in [9.17, 15) is 20.1 Å². The maximum absolute atomic E-state index is 12.9. The van der Waals surface area contributed by atoms with Crippen LogP contribution in [0, 0.1) is 5.92 Å². The second-order valence-corrected chi connectivity index (χ2v) is 9.36. The first-order valence-electron chi connectivity index (χ1n) is 9.58. The van der Waals surface area contributed by atoms with Crippen molar-refractivity contribution < 1.29 is 24.9 Å². The number of aliphatic hydroxyl groups is 3. The Morgan fingerprint density at radius 3 is 2.56 bits per heavy atom. The Morgan fingerprint density at radius 2 is 2.00 bits per heavy atom. The van der Waals surface area contributed by atoms with Gasteiger partial charge in [-0.2, -0.15) is 0 Å². The Balaban J connectivity index is 2.09. The summed E-state index contributed by atoms with van der Waals surface area (Å²) in [5.41, 5.74) is -0.702. The zero-order valence-corrected chi connectivity index (χ0v) is 18.0. The number of rotatable bonds is 7. The molecule has 0 bridgehead atoms. The van der Waals surface area contributed by atoms with E-state index in [0.29, 0.717) is 5.92 Å². The average Bonchev–Trinajstić information content (AvgIpc) is 2.99.